The fourth-order valence-corrected chi connectivity index (χ4v) is 5.39. The summed E-state index contributed by atoms with van der Waals surface area (Å²) >= 11 is 0. The number of hydrogen-bond acceptors (Lipinski definition) is 10. The van der Waals surface area contributed by atoms with Gasteiger partial charge in [0.25, 0.3) is 0 Å². The van der Waals surface area contributed by atoms with Gasteiger partial charge in [0.1, 0.15) is 18.4 Å². The zero-order chi connectivity index (χ0) is 28.6. The molecule has 1 fully saturated rings. The van der Waals surface area contributed by atoms with Crippen molar-refractivity contribution in [3.05, 3.63) is 30.3 Å². The second-order valence-corrected chi connectivity index (χ2v) is 11.1. The van der Waals surface area contributed by atoms with E-state index in [2.05, 4.69) is 5.09 Å². The smallest absolute Gasteiger partial charge is 0.461 e. The monoisotopic (exact) mass is 561 g/mol. The Labute approximate surface area is 222 Å². The van der Waals surface area contributed by atoms with Gasteiger partial charge in [-0.2, -0.15) is 5.09 Å². The first-order chi connectivity index (χ1) is 17.7. The Bertz CT molecular complexity index is 994. The molecule has 0 aliphatic carbocycles. The lowest BCUT2D eigenvalue weighted by Crippen LogP contribution is -2.55. The van der Waals surface area contributed by atoms with Gasteiger partial charge in [0.2, 0.25) is 6.29 Å². The van der Waals surface area contributed by atoms with Crippen LogP contribution in [0.15, 0.2) is 30.3 Å². The van der Waals surface area contributed by atoms with Crippen molar-refractivity contribution in [1.82, 2.24) is 5.09 Å². The highest BCUT2D eigenvalue weighted by molar-refractivity contribution is 7.52. The summed E-state index contributed by atoms with van der Waals surface area (Å²) in [6.45, 7) is 9.87. The molecule has 11 nitrogen and oxygen atoms in total. The molecule has 1 aliphatic rings. The number of benzene rings is 1. The summed E-state index contributed by atoms with van der Waals surface area (Å²) in [4.78, 5) is 35.5. The molecule has 38 heavy (non-hydrogen) atoms. The molecule has 1 aromatic carbocycles. The van der Waals surface area contributed by atoms with E-state index in [9.17, 15) is 18.9 Å². The molecule has 8 atom stereocenters. The fourth-order valence-electron chi connectivity index (χ4n) is 3.81. The van der Waals surface area contributed by atoms with Crippen LogP contribution in [0.4, 0.5) is 4.39 Å². The first-order valence-corrected chi connectivity index (χ1v) is 13.9. The third kappa shape index (κ3) is 9.34. The van der Waals surface area contributed by atoms with Crippen molar-refractivity contribution >= 4 is 25.7 Å². The van der Waals surface area contributed by atoms with Crippen LogP contribution < -0.4 is 9.61 Å². The van der Waals surface area contributed by atoms with Gasteiger partial charge in [-0.1, -0.05) is 32.0 Å². The van der Waals surface area contributed by atoms with Gasteiger partial charge in [0.05, 0.1) is 12.2 Å². The van der Waals surface area contributed by atoms with Crippen LogP contribution in [0.1, 0.15) is 48.5 Å². The maximum atomic E-state index is 15.1. The number of carbonyl (C=O) groups excluding carboxylic acids is 3. The molecule has 0 spiro atoms. The summed E-state index contributed by atoms with van der Waals surface area (Å²) < 4.78 is 61.8. The standard InChI is InChI=1S/C25H37FNO10P/c1-14(2)33-24(30)17(5)27-38(31,36-20-11-9-8-10-12-20)37-25-23(34-19(7)29)16(4)15(3)22(35-25)21(26)13-32-18(6)28/h8-12,14-17,21-23,25H,13H2,1-7H3,(H,27,31)/t15-,16-,17-,21-,22?,23?,25-,38-/m0/s1. The van der Waals surface area contributed by atoms with Crippen molar-refractivity contribution < 1.29 is 51.3 Å². The number of nitrogens with one attached hydrogen (secondary N) is 1. The first-order valence-electron chi connectivity index (χ1n) is 12.3. The Morgan fingerprint density at radius 1 is 1.05 bits per heavy atom. The van der Waals surface area contributed by atoms with Crippen molar-refractivity contribution in [3.63, 3.8) is 0 Å². The molecule has 0 aromatic heterocycles. The Morgan fingerprint density at radius 3 is 2.24 bits per heavy atom. The van der Waals surface area contributed by atoms with Crippen LogP contribution in [0.25, 0.3) is 0 Å². The SMILES string of the molecule is CC(=O)OC[C@H](F)C1O[C@@H](O[P@](=O)(N[C@@H](C)C(=O)OC(C)C)Oc2ccccc2)C(OC(C)=O)[C@@H](C)[C@@H]1C. The molecule has 2 unspecified atom stereocenters. The maximum Gasteiger partial charge on any atom is 0.461 e. The predicted octanol–water partition coefficient (Wildman–Crippen LogP) is 3.95. The van der Waals surface area contributed by atoms with E-state index in [4.69, 9.17) is 28.0 Å². The van der Waals surface area contributed by atoms with Crippen LogP contribution in [-0.4, -0.2) is 61.3 Å². The molecule has 1 heterocycles. The molecule has 1 aromatic rings. The molecule has 2 rings (SSSR count). The summed E-state index contributed by atoms with van der Waals surface area (Å²) in [5.74, 6) is -2.96. The van der Waals surface area contributed by atoms with Crippen LogP contribution in [0.5, 0.6) is 5.75 Å². The number of carbonyl (C=O) groups is 3. The van der Waals surface area contributed by atoms with E-state index in [1.165, 1.54) is 26.0 Å². The fraction of sp³-hybridized carbons (Fsp3) is 0.640. The van der Waals surface area contributed by atoms with E-state index in [1.54, 1.807) is 45.9 Å². The highest BCUT2D eigenvalue weighted by atomic mass is 31.2. The number of alkyl halides is 1. The summed E-state index contributed by atoms with van der Waals surface area (Å²) in [5.41, 5.74) is 0. The number of para-hydroxylation sites is 1. The largest absolute Gasteiger partial charge is 0.463 e. The van der Waals surface area contributed by atoms with Crippen LogP contribution in [0, 0.1) is 11.8 Å². The van der Waals surface area contributed by atoms with Crippen LogP contribution in [0.2, 0.25) is 0 Å². The zero-order valence-corrected chi connectivity index (χ0v) is 23.5. The molecule has 214 valence electrons. The lowest BCUT2D eigenvalue weighted by molar-refractivity contribution is -0.261. The molecule has 13 heteroatoms. The number of halogens is 1. The Morgan fingerprint density at radius 2 is 1.68 bits per heavy atom. The van der Waals surface area contributed by atoms with Gasteiger partial charge >= 0.3 is 25.7 Å². The summed E-state index contributed by atoms with van der Waals surface area (Å²) in [6.07, 6.45) is -6.04. The number of ether oxygens (including phenoxy) is 4. The zero-order valence-electron chi connectivity index (χ0n) is 22.6. The van der Waals surface area contributed by atoms with Crippen molar-refractivity contribution in [2.24, 2.45) is 11.8 Å². The van der Waals surface area contributed by atoms with Gasteiger partial charge in [0.15, 0.2) is 12.3 Å². The van der Waals surface area contributed by atoms with Crippen LogP contribution >= 0.6 is 7.75 Å². The molecule has 0 bridgehead atoms. The second-order valence-electron chi connectivity index (χ2n) is 9.42. The molecule has 1 N–H and O–H groups in total. The maximum absolute atomic E-state index is 15.1. The molecular formula is C25H37FNO10P. The predicted molar refractivity (Wildman–Crippen MR) is 134 cm³/mol. The minimum atomic E-state index is -4.45. The first kappa shape index (κ1) is 31.7. The van der Waals surface area contributed by atoms with E-state index < -0.39 is 80.9 Å². The average molecular weight is 562 g/mol. The average Bonchev–Trinajstić information content (AvgIpc) is 2.81. The van der Waals surface area contributed by atoms with Crippen molar-refractivity contribution in [2.75, 3.05) is 6.61 Å². The van der Waals surface area contributed by atoms with E-state index >= 15 is 4.39 Å². The van der Waals surface area contributed by atoms with Crippen LogP contribution in [0.3, 0.4) is 0 Å². The van der Waals surface area contributed by atoms with Gasteiger partial charge in [-0.25, -0.2) is 8.96 Å². The van der Waals surface area contributed by atoms with Gasteiger partial charge in [-0.05, 0) is 38.8 Å². The number of rotatable bonds is 12. The van der Waals surface area contributed by atoms with E-state index in [1.807, 2.05) is 0 Å². The lowest BCUT2D eigenvalue weighted by Gasteiger charge is -2.44. The summed E-state index contributed by atoms with van der Waals surface area (Å²) in [6, 6.07) is 6.88. The van der Waals surface area contributed by atoms with Gasteiger partial charge in [0, 0.05) is 19.8 Å². The van der Waals surface area contributed by atoms with Crippen molar-refractivity contribution in [2.45, 2.75) is 85.3 Å². The summed E-state index contributed by atoms with van der Waals surface area (Å²) in [5, 5.41) is 2.53. The summed E-state index contributed by atoms with van der Waals surface area (Å²) in [7, 11) is -4.45. The van der Waals surface area contributed by atoms with Gasteiger partial charge < -0.3 is 23.5 Å². The number of hydrogen-bond donors (Lipinski definition) is 1. The minimum Gasteiger partial charge on any atom is -0.463 e. The lowest BCUT2D eigenvalue weighted by atomic mass is 9.82. The van der Waals surface area contributed by atoms with Crippen molar-refractivity contribution in [3.8, 4) is 5.75 Å². The van der Waals surface area contributed by atoms with Crippen LogP contribution in [-0.2, 0) is 42.4 Å². The van der Waals surface area contributed by atoms with Crippen molar-refractivity contribution in [1.29, 1.82) is 0 Å². The molecular weight excluding hydrogens is 524 g/mol. The van der Waals surface area contributed by atoms with E-state index in [-0.39, 0.29) is 5.75 Å². The van der Waals surface area contributed by atoms with E-state index in [0.29, 0.717) is 0 Å². The molecule has 1 saturated heterocycles. The molecule has 0 radical (unpaired) electrons. The van der Waals surface area contributed by atoms with Gasteiger partial charge in [-0.15, -0.1) is 0 Å². The molecule has 0 saturated carbocycles. The second kappa shape index (κ2) is 14.0. The third-order valence-corrected chi connectivity index (χ3v) is 7.44. The Kier molecular flexibility index (Phi) is 11.7. The Hall–Kier alpha value is -2.53. The Balaban J connectivity index is 2.39. The normalized spacial score (nSPS) is 26.5. The van der Waals surface area contributed by atoms with E-state index in [0.717, 1.165) is 6.92 Å². The minimum absolute atomic E-state index is 0.142. The highest BCUT2D eigenvalue weighted by Crippen LogP contribution is 2.49. The quantitative estimate of drug-likeness (QED) is 0.226. The number of esters is 3. The molecule has 0 amide bonds. The third-order valence-electron chi connectivity index (χ3n) is 5.80. The highest BCUT2D eigenvalue weighted by Gasteiger charge is 2.50. The topological polar surface area (TPSA) is 136 Å². The molecule has 1 aliphatic heterocycles. The van der Waals surface area contributed by atoms with Gasteiger partial charge in [-0.3, -0.25) is 18.9 Å².